The Bertz CT molecular complexity index is 655. The van der Waals surface area contributed by atoms with E-state index in [1.54, 1.807) is 12.1 Å². The lowest BCUT2D eigenvalue weighted by molar-refractivity contribution is -0.122. The molecule has 0 aromatic heterocycles. The van der Waals surface area contributed by atoms with Crippen LogP contribution in [-0.2, 0) is 9.53 Å². The second kappa shape index (κ2) is 8.04. The third kappa shape index (κ3) is 4.40. The summed E-state index contributed by atoms with van der Waals surface area (Å²) >= 11 is 0. The molecule has 1 aliphatic rings. The molecule has 24 heavy (non-hydrogen) atoms. The van der Waals surface area contributed by atoms with Gasteiger partial charge >= 0.3 is 0 Å². The summed E-state index contributed by atoms with van der Waals surface area (Å²) in [6.45, 7) is 1.98. The molecule has 1 aliphatic heterocycles. The molecule has 0 spiro atoms. The van der Waals surface area contributed by atoms with E-state index < -0.39 is 0 Å². The lowest BCUT2D eigenvalue weighted by atomic mass is 9.98. The molecule has 4 nitrogen and oxygen atoms in total. The maximum absolute atomic E-state index is 13.2. The smallest absolute Gasteiger partial charge is 0.222 e. The first-order valence-electron chi connectivity index (χ1n) is 8.13. The second-order valence-corrected chi connectivity index (χ2v) is 5.89. The van der Waals surface area contributed by atoms with Crippen molar-refractivity contribution in [2.75, 3.05) is 19.8 Å². The molecule has 0 bridgehead atoms. The summed E-state index contributed by atoms with van der Waals surface area (Å²) in [6.07, 6.45) is 0.352. The zero-order valence-electron chi connectivity index (χ0n) is 13.4. The van der Waals surface area contributed by atoms with E-state index >= 15 is 0 Å². The third-order valence-electron chi connectivity index (χ3n) is 4.07. The van der Waals surface area contributed by atoms with Gasteiger partial charge in [0.1, 0.15) is 5.82 Å². The van der Waals surface area contributed by atoms with Crippen molar-refractivity contribution in [2.24, 2.45) is 0 Å². The highest BCUT2D eigenvalue weighted by Crippen LogP contribution is 2.22. The molecule has 1 saturated heterocycles. The van der Waals surface area contributed by atoms with Crippen LogP contribution in [0.3, 0.4) is 0 Å². The van der Waals surface area contributed by atoms with Gasteiger partial charge in [0.2, 0.25) is 5.91 Å². The van der Waals surface area contributed by atoms with Gasteiger partial charge in [-0.1, -0.05) is 42.5 Å². The summed E-state index contributed by atoms with van der Waals surface area (Å²) in [4.78, 5) is 12.5. The number of hydrogen-bond acceptors (Lipinski definition) is 3. The summed E-state index contributed by atoms with van der Waals surface area (Å²) in [6, 6.07) is 15.6. The van der Waals surface area contributed by atoms with Crippen LogP contribution in [0, 0.1) is 5.82 Å². The summed E-state index contributed by atoms with van der Waals surface area (Å²) in [5.74, 6) is -0.350. The summed E-state index contributed by atoms with van der Waals surface area (Å²) in [5, 5.41) is 6.33. The van der Waals surface area contributed by atoms with Crippen LogP contribution in [0.15, 0.2) is 54.6 Å². The molecule has 3 rings (SSSR count). The van der Waals surface area contributed by atoms with E-state index in [-0.39, 0.29) is 23.8 Å². The highest BCUT2D eigenvalue weighted by molar-refractivity contribution is 5.77. The molecular weight excluding hydrogens is 307 g/mol. The van der Waals surface area contributed by atoms with E-state index in [1.165, 1.54) is 12.1 Å². The number of hydrogen-bond donors (Lipinski definition) is 2. The quantitative estimate of drug-likeness (QED) is 0.886. The molecule has 1 heterocycles. The molecule has 5 heteroatoms. The van der Waals surface area contributed by atoms with Crippen molar-refractivity contribution in [1.82, 2.24) is 10.6 Å². The van der Waals surface area contributed by atoms with E-state index in [2.05, 4.69) is 10.6 Å². The van der Waals surface area contributed by atoms with Gasteiger partial charge in [0.05, 0.1) is 19.3 Å². The fourth-order valence-corrected chi connectivity index (χ4v) is 2.85. The summed E-state index contributed by atoms with van der Waals surface area (Å²) in [7, 11) is 0. The normalized spacial score (nSPS) is 18.8. The third-order valence-corrected chi connectivity index (χ3v) is 4.07. The molecule has 2 aromatic rings. The predicted octanol–water partition coefficient (Wildman–Crippen LogP) is 2.41. The standard InChI is InChI=1S/C19H21FN2O2/c20-16-8-6-15(7-9-16)19(14-4-2-1-3-5-14)22-18(23)12-17-13-24-11-10-21-17/h1-9,17,19,21H,10-13H2,(H,22,23). The van der Waals surface area contributed by atoms with Crippen molar-refractivity contribution in [3.8, 4) is 0 Å². The zero-order chi connectivity index (χ0) is 16.8. The van der Waals surface area contributed by atoms with Gasteiger partial charge in [-0.2, -0.15) is 0 Å². The highest BCUT2D eigenvalue weighted by atomic mass is 19.1. The fourth-order valence-electron chi connectivity index (χ4n) is 2.85. The van der Waals surface area contributed by atoms with Crippen LogP contribution in [0.4, 0.5) is 4.39 Å². The fraction of sp³-hybridized carbons (Fsp3) is 0.316. The van der Waals surface area contributed by atoms with Gasteiger partial charge < -0.3 is 15.4 Å². The number of morpholine rings is 1. The van der Waals surface area contributed by atoms with E-state index in [1.807, 2.05) is 30.3 Å². The molecule has 2 N–H and O–H groups in total. The Balaban J connectivity index is 1.74. The Labute approximate surface area is 141 Å². The number of carbonyl (C=O) groups excluding carboxylic acids is 1. The minimum Gasteiger partial charge on any atom is -0.378 e. The van der Waals surface area contributed by atoms with Gasteiger partial charge in [0.15, 0.2) is 0 Å². The van der Waals surface area contributed by atoms with Crippen LogP contribution >= 0.6 is 0 Å². The molecule has 0 aliphatic carbocycles. The number of benzene rings is 2. The minimum atomic E-state index is -0.302. The molecule has 0 saturated carbocycles. The topological polar surface area (TPSA) is 50.4 Å². The number of nitrogens with one attached hydrogen (secondary N) is 2. The van der Waals surface area contributed by atoms with Crippen LogP contribution in [0.1, 0.15) is 23.6 Å². The number of rotatable bonds is 5. The molecule has 2 aromatic carbocycles. The zero-order valence-corrected chi connectivity index (χ0v) is 13.4. The number of halogens is 1. The van der Waals surface area contributed by atoms with Gasteiger partial charge in [-0.05, 0) is 23.3 Å². The van der Waals surface area contributed by atoms with E-state index in [0.29, 0.717) is 19.6 Å². The minimum absolute atomic E-state index is 0.0309. The van der Waals surface area contributed by atoms with Crippen LogP contribution in [-0.4, -0.2) is 31.7 Å². The Morgan fingerprint density at radius 1 is 1.17 bits per heavy atom. The molecule has 2 atom stereocenters. The van der Waals surface area contributed by atoms with Crippen LogP contribution in [0.5, 0.6) is 0 Å². The Morgan fingerprint density at radius 2 is 1.88 bits per heavy atom. The molecule has 126 valence electrons. The lowest BCUT2D eigenvalue weighted by Gasteiger charge is -2.25. The maximum Gasteiger partial charge on any atom is 0.222 e. The van der Waals surface area contributed by atoms with E-state index in [0.717, 1.165) is 17.7 Å². The first kappa shape index (κ1) is 16.6. The van der Waals surface area contributed by atoms with E-state index in [9.17, 15) is 9.18 Å². The monoisotopic (exact) mass is 328 g/mol. The summed E-state index contributed by atoms with van der Waals surface area (Å²) in [5.41, 5.74) is 1.81. The van der Waals surface area contributed by atoms with Gasteiger partial charge in [0, 0.05) is 19.0 Å². The SMILES string of the molecule is O=C(CC1COCCN1)NC(c1ccccc1)c1ccc(F)cc1. The number of ether oxygens (including phenoxy) is 1. The maximum atomic E-state index is 13.2. The average molecular weight is 328 g/mol. The van der Waals surface area contributed by atoms with Crippen molar-refractivity contribution in [3.05, 3.63) is 71.5 Å². The van der Waals surface area contributed by atoms with Gasteiger partial charge in [0.25, 0.3) is 0 Å². The first-order valence-corrected chi connectivity index (χ1v) is 8.13. The Morgan fingerprint density at radius 3 is 2.54 bits per heavy atom. The Kier molecular flexibility index (Phi) is 5.56. The van der Waals surface area contributed by atoms with Crippen molar-refractivity contribution in [1.29, 1.82) is 0 Å². The van der Waals surface area contributed by atoms with Crippen molar-refractivity contribution < 1.29 is 13.9 Å². The van der Waals surface area contributed by atoms with Gasteiger partial charge in [-0.15, -0.1) is 0 Å². The molecule has 2 unspecified atom stereocenters. The lowest BCUT2D eigenvalue weighted by Crippen LogP contribution is -2.44. The Hall–Kier alpha value is -2.24. The highest BCUT2D eigenvalue weighted by Gasteiger charge is 2.21. The largest absolute Gasteiger partial charge is 0.378 e. The predicted molar refractivity (Wildman–Crippen MR) is 90.1 cm³/mol. The average Bonchev–Trinajstić information content (AvgIpc) is 2.62. The van der Waals surface area contributed by atoms with Crippen LogP contribution in [0.2, 0.25) is 0 Å². The summed E-state index contributed by atoms with van der Waals surface area (Å²) < 4.78 is 18.6. The van der Waals surface area contributed by atoms with Crippen molar-refractivity contribution in [2.45, 2.75) is 18.5 Å². The second-order valence-electron chi connectivity index (χ2n) is 5.89. The van der Waals surface area contributed by atoms with Gasteiger partial charge in [-0.25, -0.2) is 4.39 Å². The molecule has 0 radical (unpaired) electrons. The molecule has 1 fully saturated rings. The number of amides is 1. The van der Waals surface area contributed by atoms with Crippen LogP contribution in [0.25, 0.3) is 0 Å². The molecular formula is C19H21FN2O2. The van der Waals surface area contributed by atoms with Crippen molar-refractivity contribution in [3.63, 3.8) is 0 Å². The van der Waals surface area contributed by atoms with Gasteiger partial charge in [-0.3, -0.25) is 4.79 Å². The van der Waals surface area contributed by atoms with E-state index in [4.69, 9.17) is 4.74 Å². The van der Waals surface area contributed by atoms with Crippen molar-refractivity contribution >= 4 is 5.91 Å². The number of carbonyl (C=O) groups is 1. The van der Waals surface area contributed by atoms with Crippen LogP contribution < -0.4 is 10.6 Å². The molecule has 1 amide bonds. The first-order chi connectivity index (χ1) is 11.7.